The Balaban J connectivity index is 1.59. The first-order chi connectivity index (χ1) is 10.1. The lowest BCUT2D eigenvalue weighted by Crippen LogP contribution is -2.39. The summed E-state index contributed by atoms with van der Waals surface area (Å²) in [4.78, 5) is 22.6. The van der Waals surface area contributed by atoms with Crippen molar-refractivity contribution < 1.29 is 9.59 Å². The lowest BCUT2D eigenvalue weighted by atomic mass is 9.63. The SMILES string of the molecule is NC(=O)CCC1C(CC(N)=O)C2CC1C1C3C=CC(C3)C21. The van der Waals surface area contributed by atoms with Crippen LogP contribution in [0.2, 0.25) is 0 Å². The van der Waals surface area contributed by atoms with E-state index in [9.17, 15) is 9.59 Å². The van der Waals surface area contributed by atoms with Crippen molar-refractivity contribution in [1.82, 2.24) is 0 Å². The molecule has 0 aromatic carbocycles. The summed E-state index contributed by atoms with van der Waals surface area (Å²) >= 11 is 0. The lowest BCUT2D eigenvalue weighted by Gasteiger charge is -2.41. The molecule has 4 aliphatic carbocycles. The average molecular weight is 288 g/mol. The molecule has 4 aliphatic rings. The highest BCUT2D eigenvalue weighted by molar-refractivity contribution is 5.74. The number of amides is 2. The molecule has 3 saturated carbocycles. The summed E-state index contributed by atoms with van der Waals surface area (Å²) in [6.07, 6.45) is 9.17. The number of allylic oxidation sites excluding steroid dienone is 2. The van der Waals surface area contributed by atoms with E-state index in [1.165, 1.54) is 12.8 Å². The zero-order valence-electron chi connectivity index (χ0n) is 12.3. The van der Waals surface area contributed by atoms with E-state index < -0.39 is 0 Å². The van der Waals surface area contributed by atoms with E-state index >= 15 is 0 Å². The minimum atomic E-state index is -0.222. The number of rotatable bonds is 5. The van der Waals surface area contributed by atoms with Gasteiger partial charge < -0.3 is 11.5 Å². The fourth-order valence-electron chi connectivity index (χ4n) is 6.56. The molecule has 0 radical (unpaired) electrons. The van der Waals surface area contributed by atoms with Crippen molar-refractivity contribution in [2.45, 2.75) is 32.1 Å². The number of hydrogen-bond donors (Lipinski definition) is 2. The number of nitrogens with two attached hydrogens (primary N) is 2. The molecule has 4 bridgehead atoms. The molecule has 0 aromatic heterocycles. The molecular weight excluding hydrogens is 264 g/mol. The Morgan fingerprint density at radius 1 is 0.905 bits per heavy atom. The van der Waals surface area contributed by atoms with E-state index in [0.29, 0.717) is 36.5 Å². The second-order valence-corrected chi connectivity index (χ2v) is 7.67. The van der Waals surface area contributed by atoms with Crippen LogP contribution < -0.4 is 11.5 Å². The molecular formula is C17H24N2O2. The minimum Gasteiger partial charge on any atom is -0.370 e. The third-order valence-electron chi connectivity index (χ3n) is 6.93. The van der Waals surface area contributed by atoms with Gasteiger partial charge in [-0.3, -0.25) is 9.59 Å². The quantitative estimate of drug-likeness (QED) is 0.592. The molecule has 2 amide bonds. The molecule has 0 spiro atoms. The van der Waals surface area contributed by atoms with Gasteiger partial charge in [-0.1, -0.05) is 12.2 Å². The van der Waals surface area contributed by atoms with Crippen molar-refractivity contribution in [2.24, 2.45) is 58.8 Å². The van der Waals surface area contributed by atoms with Gasteiger partial charge in [0.2, 0.25) is 11.8 Å². The van der Waals surface area contributed by atoms with E-state index in [-0.39, 0.29) is 11.8 Å². The van der Waals surface area contributed by atoms with Crippen LogP contribution in [0.25, 0.3) is 0 Å². The summed E-state index contributed by atoms with van der Waals surface area (Å²) < 4.78 is 0. The molecule has 4 rings (SSSR count). The second-order valence-electron chi connectivity index (χ2n) is 7.67. The first-order valence-corrected chi connectivity index (χ1v) is 8.31. The normalized spacial score (nSPS) is 48.8. The maximum absolute atomic E-state index is 11.5. The van der Waals surface area contributed by atoms with Crippen LogP contribution in [0.1, 0.15) is 32.1 Å². The summed E-state index contributed by atoms with van der Waals surface area (Å²) in [5.74, 6) is 4.85. The maximum atomic E-state index is 11.5. The third-order valence-corrected chi connectivity index (χ3v) is 6.93. The fraction of sp³-hybridized carbons (Fsp3) is 0.765. The molecule has 0 heterocycles. The molecule has 8 unspecified atom stereocenters. The molecule has 21 heavy (non-hydrogen) atoms. The molecule has 8 atom stereocenters. The van der Waals surface area contributed by atoms with Gasteiger partial charge in [-0.2, -0.15) is 0 Å². The van der Waals surface area contributed by atoms with Crippen molar-refractivity contribution in [3.63, 3.8) is 0 Å². The van der Waals surface area contributed by atoms with Gasteiger partial charge >= 0.3 is 0 Å². The Bertz CT molecular complexity index is 515. The molecule has 4 heteroatoms. The summed E-state index contributed by atoms with van der Waals surface area (Å²) in [7, 11) is 0. The Labute approximate surface area is 125 Å². The Morgan fingerprint density at radius 3 is 2.10 bits per heavy atom. The maximum Gasteiger partial charge on any atom is 0.217 e. The number of primary amides is 2. The van der Waals surface area contributed by atoms with Crippen LogP contribution in [-0.2, 0) is 9.59 Å². The second kappa shape index (κ2) is 4.59. The molecule has 4 nitrogen and oxygen atoms in total. The van der Waals surface area contributed by atoms with Crippen LogP contribution in [0.3, 0.4) is 0 Å². The predicted octanol–water partition coefficient (Wildman–Crippen LogP) is 1.45. The van der Waals surface area contributed by atoms with Gasteiger partial charge in [-0.05, 0) is 66.6 Å². The molecule has 4 N–H and O–H groups in total. The van der Waals surface area contributed by atoms with Crippen LogP contribution in [0, 0.1) is 47.3 Å². The molecule has 0 aliphatic heterocycles. The molecule has 3 fully saturated rings. The van der Waals surface area contributed by atoms with Crippen molar-refractivity contribution >= 4 is 11.8 Å². The van der Waals surface area contributed by atoms with Crippen LogP contribution in [0.4, 0.5) is 0 Å². The Morgan fingerprint density at radius 2 is 1.52 bits per heavy atom. The van der Waals surface area contributed by atoms with Gasteiger partial charge in [0.1, 0.15) is 0 Å². The molecule has 0 saturated heterocycles. The largest absolute Gasteiger partial charge is 0.370 e. The number of hydrogen-bond acceptors (Lipinski definition) is 2. The highest BCUT2D eigenvalue weighted by atomic mass is 16.1. The van der Waals surface area contributed by atoms with Crippen LogP contribution in [-0.4, -0.2) is 11.8 Å². The van der Waals surface area contributed by atoms with Gasteiger partial charge in [0.25, 0.3) is 0 Å². The predicted molar refractivity (Wildman–Crippen MR) is 78.5 cm³/mol. The van der Waals surface area contributed by atoms with Crippen LogP contribution >= 0.6 is 0 Å². The molecule has 0 aromatic rings. The standard InChI is InChI=1S/C17H24N2O2/c18-14(20)4-3-10-11(7-15(19)21)13-6-12(10)16-8-1-2-9(5-8)17(13)16/h1-2,8-13,16-17H,3-7H2,(H2,18,20)(H2,19,21). The van der Waals surface area contributed by atoms with Gasteiger partial charge in [0, 0.05) is 12.8 Å². The topological polar surface area (TPSA) is 86.2 Å². The van der Waals surface area contributed by atoms with Gasteiger partial charge in [-0.25, -0.2) is 0 Å². The van der Waals surface area contributed by atoms with Gasteiger partial charge in [0.15, 0.2) is 0 Å². The zero-order chi connectivity index (χ0) is 14.7. The van der Waals surface area contributed by atoms with Crippen molar-refractivity contribution in [3.8, 4) is 0 Å². The minimum absolute atomic E-state index is 0.188. The van der Waals surface area contributed by atoms with E-state index in [0.717, 1.165) is 30.1 Å². The summed E-state index contributed by atoms with van der Waals surface area (Å²) in [5.41, 5.74) is 10.8. The summed E-state index contributed by atoms with van der Waals surface area (Å²) in [6, 6.07) is 0. The first kappa shape index (κ1) is 13.4. The van der Waals surface area contributed by atoms with Gasteiger partial charge in [0.05, 0.1) is 0 Å². The third kappa shape index (κ3) is 1.87. The molecule has 114 valence electrons. The van der Waals surface area contributed by atoms with Crippen LogP contribution in [0.5, 0.6) is 0 Å². The smallest absolute Gasteiger partial charge is 0.217 e. The average Bonchev–Trinajstić information content (AvgIpc) is 3.13. The lowest BCUT2D eigenvalue weighted by molar-refractivity contribution is -0.120. The summed E-state index contributed by atoms with van der Waals surface area (Å²) in [5, 5.41) is 0. The van der Waals surface area contributed by atoms with Crippen molar-refractivity contribution in [2.75, 3.05) is 0 Å². The van der Waals surface area contributed by atoms with Crippen molar-refractivity contribution in [3.05, 3.63) is 12.2 Å². The van der Waals surface area contributed by atoms with E-state index in [4.69, 9.17) is 11.5 Å². The van der Waals surface area contributed by atoms with E-state index in [1.54, 1.807) is 0 Å². The first-order valence-electron chi connectivity index (χ1n) is 8.31. The van der Waals surface area contributed by atoms with E-state index in [1.807, 2.05) is 0 Å². The summed E-state index contributed by atoms with van der Waals surface area (Å²) in [6.45, 7) is 0. The van der Waals surface area contributed by atoms with E-state index in [2.05, 4.69) is 12.2 Å². The highest BCUT2D eigenvalue weighted by Gasteiger charge is 2.64. The number of carbonyl (C=O) groups excluding carboxylic acids is 2. The highest BCUT2D eigenvalue weighted by Crippen LogP contribution is 2.69. The van der Waals surface area contributed by atoms with Crippen LogP contribution in [0.15, 0.2) is 12.2 Å². The fourth-order valence-corrected chi connectivity index (χ4v) is 6.56. The number of fused-ring (bicyclic) bond motifs is 9. The number of carbonyl (C=O) groups is 2. The van der Waals surface area contributed by atoms with Gasteiger partial charge in [-0.15, -0.1) is 0 Å². The monoisotopic (exact) mass is 288 g/mol. The van der Waals surface area contributed by atoms with Crippen molar-refractivity contribution in [1.29, 1.82) is 0 Å². The zero-order valence-corrected chi connectivity index (χ0v) is 12.3. The Hall–Kier alpha value is -1.32. The Kier molecular flexibility index (Phi) is 2.92.